The molecule has 0 aliphatic heterocycles. The fourth-order valence-electron chi connectivity index (χ4n) is 1.52. The molecular weight excluding hydrogens is 176 g/mol. The third-order valence-electron chi connectivity index (χ3n) is 2.43. The number of fused-ring (bicyclic) bond motifs is 1. The minimum Gasteiger partial charge on any atom is -0.212 e. The molecule has 3 rings (SSSR count). The van der Waals surface area contributed by atoms with E-state index in [-0.39, 0.29) is 0 Å². The quantitative estimate of drug-likeness (QED) is 0.674. The van der Waals surface area contributed by atoms with Crippen LogP contribution in [0.15, 0.2) is 18.2 Å². The number of pyridine rings is 1. The van der Waals surface area contributed by atoms with E-state index in [1.807, 2.05) is 12.1 Å². The van der Waals surface area contributed by atoms with Crippen molar-refractivity contribution >= 4 is 5.65 Å². The van der Waals surface area contributed by atoms with Crippen molar-refractivity contribution in [3.8, 4) is 6.07 Å². The van der Waals surface area contributed by atoms with E-state index in [1.165, 1.54) is 12.8 Å². The number of nitriles is 1. The lowest BCUT2D eigenvalue weighted by Crippen LogP contribution is -1.93. The second kappa shape index (κ2) is 2.55. The van der Waals surface area contributed by atoms with Crippen molar-refractivity contribution in [1.29, 1.82) is 5.26 Å². The first-order valence-electron chi connectivity index (χ1n) is 4.64. The molecule has 0 radical (unpaired) electrons. The predicted molar refractivity (Wildman–Crippen MR) is 49.7 cm³/mol. The molecule has 0 spiro atoms. The van der Waals surface area contributed by atoms with Gasteiger partial charge < -0.3 is 0 Å². The molecule has 0 unspecified atom stereocenters. The van der Waals surface area contributed by atoms with Gasteiger partial charge in [-0.05, 0) is 25.0 Å². The van der Waals surface area contributed by atoms with Crippen molar-refractivity contribution < 1.29 is 0 Å². The topological polar surface area (TPSA) is 54.0 Å². The van der Waals surface area contributed by atoms with Crippen molar-refractivity contribution in [3.63, 3.8) is 0 Å². The second-order valence-corrected chi connectivity index (χ2v) is 3.54. The summed E-state index contributed by atoms with van der Waals surface area (Å²) < 4.78 is 1.62. The van der Waals surface area contributed by atoms with Gasteiger partial charge in [-0.1, -0.05) is 6.07 Å². The molecule has 2 heterocycles. The first-order chi connectivity index (χ1) is 6.88. The monoisotopic (exact) mass is 184 g/mol. The highest BCUT2D eigenvalue weighted by molar-refractivity contribution is 5.42. The van der Waals surface area contributed by atoms with E-state index < -0.39 is 0 Å². The molecule has 0 bridgehead atoms. The summed E-state index contributed by atoms with van der Waals surface area (Å²) in [4.78, 5) is 4.38. The summed E-state index contributed by atoms with van der Waals surface area (Å²) in [6, 6.07) is 7.56. The molecule has 2 aromatic heterocycles. The van der Waals surface area contributed by atoms with Gasteiger partial charge in [-0.3, -0.25) is 0 Å². The molecule has 0 N–H and O–H groups in total. The molecule has 1 fully saturated rings. The maximum atomic E-state index is 8.86. The summed E-state index contributed by atoms with van der Waals surface area (Å²) in [6.07, 6.45) is 2.36. The zero-order chi connectivity index (χ0) is 9.54. The highest BCUT2D eigenvalue weighted by Gasteiger charge is 2.28. The van der Waals surface area contributed by atoms with Gasteiger partial charge in [0.25, 0.3) is 0 Å². The van der Waals surface area contributed by atoms with Crippen LogP contribution in [-0.2, 0) is 0 Å². The van der Waals surface area contributed by atoms with Crippen LogP contribution in [0.3, 0.4) is 0 Å². The lowest BCUT2D eigenvalue weighted by molar-refractivity contribution is 0.868. The average molecular weight is 184 g/mol. The van der Waals surface area contributed by atoms with E-state index in [9.17, 15) is 0 Å². The van der Waals surface area contributed by atoms with Gasteiger partial charge in [0, 0.05) is 5.92 Å². The largest absolute Gasteiger partial charge is 0.212 e. The Morgan fingerprint density at radius 1 is 1.43 bits per heavy atom. The van der Waals surface area contributed by atoms with E-state index in [0.29, 0.717) is 11.6 Å². The minimum absolute atomic E-state index is 0.529. The van der Waals surface area contributed by atoms with Crippen LogP contribution in [0.25, 0.3) is 5.65 Å². The van der Waals surface area contributed by atoms with Gasteiger partial charge in [0.2, 0.25) is 0 Å². The summed E-state index contributed by atoms with van der Waals surface area (Å²) in [5.41, 5.74) is 1.31. The van der Waals surface area contributed by atoms with E-state index in [2.05, 4.69) is 16.2 Å². The van der Waals surface area contributed by atoms with Gasteiger partial charge in [0.1, 0.15) is 11.8 Å². The van der Waals surface area contributed by atoms with Crippen LogP contribution < -0.4 is 0 Å². The van der Waals surface area contributed by atoms with Crippen LogP contribution in [0, 0.1) is 11.3 Å². The molecule has 14 heavy (non-hydrogen) atoms. The maximum Gasteiger partial charge on any atom is 0.157 e. The molecule has 1 saturated carbocycles. The summed E-state index contributed by atoms with van der Waals surface area (Å²) in [5, 5.41) is 13.2. The summed E-state index contributed by atoms with van der Waals surface area (Å²) >= 11 is 0. The van der Waals surface area contributed by atoms with Crippen LogP contribution >= 0.6 is 0 Å². The summed E-state index contributed by atoms with van der Waals surface area (Å²) in [6.45, 7) is 0. The summed E-state index contributed by atoms with van der Waals surface area (Å²) in [5.74, 6) is 1.41. The molecule has 4 nitrogen and oxygen atoms in total. The molecule has 68 valence electrons. The first-order valence-corrected chi connectivity index (χ1v) is 4.64. The molecule has 0 amide bonds. The standard InChI is InChI=1S/C10H8N4/c11-6-8-2-1-3-9-12-10(7-4-5-7)13-14(8)9/h1-3,7H,4-5H2. The highest BCUT2D eigenvalue weighted by Crippen LogP contribution is 2.38. The Morgan fingerprint density at radius 3 is 3.00 bits per heavy atom. The molecule has 0 saturated heterocycles. The minimum atomic E-state index is 0.529. The van der Waals surface area contributed by atoms with Crippen molar-refractivity contribution in [2.45, 2.75) is 18.8 Å². The third kappa shape index (κ3) is 0.990. The van der Waals surface area contributed by atoms with E-state index in [4.69, 9.17) is 5.26 Å². The van der Waals surface area contributed by atoms with E-state index in [1.54, 1.807) is 10.6 Å². The number of hydrogen-bond acceptors (Lipinski definition) is 3. The SMILES string of the molecule is N#Cc1cccc2nc(C3CC3)nn12. The Balaban J connectivity index is 2.27. The fourth-order valence-corrected chi connectivity index (χ4v) is 1.52. The average Bonchev–Trinajstić information content (AvgIpc) is 2.97. The smallest absolute Gasteiger partial charge is 0.157 e. The summed E-state index contributed by atoms with van der Waals surface area (Å²) in [7, 11) is 0. The van der Waals surface area contributed by atoms with Crippen LogP contribution in [-0.4, -0.2) is 14.6 Å². The van der Waals surface area contributed by atoms with Gasteiger partial charge in [-0.25, -0.2) is 9.50 Å². The zero-order valence-corrected chi connectivity index (χ0v) is 7.51. The number of rotatable bonds is 1. The van der Waals surface area contributed by atoms with Crippen molar-refractivity contribution in [1.82, 2.24) is 14.6 Å². The first kappa shape index (κ1) is 7.51. The molecule has 0 atom stereocenters. The van der Waals surface area contributed by atoms with Crippen molar-refractivity contribution in [3.05, 3.63) is 29.7 Å². The Hall–Kier alpha value is -1.89. The van der Waals surface area contributed by atoms with Crippen LogP contribution in [0.5, 0.6) is 0 Å². The molecular formula is C10H8N4. The van der Waals surface area contributed by atoms with E-state index in [0.717, 1.165) is 11.5 Å². The van der Waals surface area contributed by atoms with Crippen LogP contribution in [0.2, 0.25) is 0 Å². The molecule has 1 aliphatic rings. The van der Waals surface area contributed by atoms with Gasteiger partial charge in [-0.15, -0.1) is 5.10 Å². The van der Waals surface area contributed by atoms with Crippen LogP contribution in [0.4, 0.5) is 0 Å². The lowest BCUT2D eigenvalue weighted by atomic mass is 10.4. The van der Waals surface area contributed by atoms with Crippen molar-refractivity contribution in [2.24, 2.45) is 0 Å². The Morgan fingerprint density at radius 2 is 2.29 bits per heavy atom. The lowest BCUT2D eigenvalue weighted by Gasteiger charge is -1.91. The van der Waals surface area contributed by atoms with Crippen molar-refractivity contribution in [2.75, 3.05) is 0 Å². The highest BCUT2D eigenvalue weighted by atomic mass is 15.3. The maximum absolute atomic E-state index is 8.86. The number of nitrogens with zero attached hydrogens (tertiary/aromatic N) is 4. The van der Waals surface area contributed by atoms with Gasteiger partial charge in [0.15, 0.2) is 11.5 Å². The molecule has 4 heteroatoms. The fraction of sp³-hybridized carbons (Fsp3) is 0.300. The van der Waals surface area contributed by atoms with Gasteiger partial charge in [-0.2, -0.15) is 5.26 Å². The van der Waals surface area contributed by atoms with Gasteiger partial charge in [0.05, 0.1) is 0 Å². The zero-order valence-electron chi connectivity index (χ0n) is 7.51. The molecule has 0 aromatic carbocycles. The Bertz CT molecular complexity index is 531. The van der Waals surface area contributed by atoms with Gasteiger partial charge >= 0.3 is 0 Å². The predicted octanol–water partition coefficient (Wildman–Crippen LogP) is 1.48. The Labute approximate surface area is 80.8 Å². The van der Waals surface area contributed by atoms with Crippen LogP contribution in [0.1, 0.15) is 30.3 Å². The Kier molecular flexibility index (Phi) is 1.37. The van der Waals surface area contributed by atoms with E-state index >= 15 is 0 Å². The number of aromatic nitrogens is 3. The molecule has 2 aromatic rings. The molecule has 1 aliphatic carbocycles. The second-order valence-electron chi connectivity index (χ2n) is 3.54. The third-order valence-corrected chi connectivity index (χ3v) is 2.43. The number of hydrogen-bond donors (Lipinski definition) is 0. The normalized spacial score (nSPS) is 15.6.